The van der Waals surface area contributed by atoms with Crippen LogP contribution < -0.4 is 10.9 Å². The van der Waals surface area contributed by atoms with Gasteiger partial charge in [-0.2, -0.15) is 10.2 Å². The van der Waals surface area contributed by atoms with E-state index < -0.39 is 0 Å². The maximum Gasteiger partial charge on any atom is 0.176 e. The Morgan fingerprint density at radius 2 is 1.10 bits per heavy atom. The first-order valence-corrected chi connectivity index (χ1v) is 9.79. The van der Waals surface area contributed by atoms with Crippen LogP contribution in [0.1, 0.15) is 11.1 Å². The van der Waals surface area contributed by atoms with Gasteiger partial charge in [-0.25, -0.2) is 0 Å². The molecule has 4 rings (SSSR count). The molecule has 0 aliphatic heterocycles. The Morgan fingerprint density at radius 1 is 0.633 bits per heavy atom. The molecule has 30 heavy (non-hydrogen) atoms. The Bertz CT molecular complexity index is 1140. The number of rotatable bonds is 6. The Balaban J connectivity index is 1.54. The fraction of sp³-hybridized carbons (Fsp3) is 0. The summed E-state index contributed by atoms with van der Waals surface area (Å²) >= 11 is 12.0. The predicted octanol–water partition coefficient (Wildman–Crippen LogP) is 5.83. The molecule has 0 fully saturated rings. The molecule has 0 radical (unpaired) electrons. The molecule has 0 amide bonds. The number of aromatic nitrogens is 2. The molecule has 0 saturated carbocycles. The molecule has 0 bridgehead atoms. The van der Waals surface area contributed by atoms with Gasteiger partial charge in [0.15, 0.2) is 11.6 Å². The molecule has 4 aromatic rings. The second kappa shape index (κ2) is 9.35. The van der Waals surface area contributed by atoms with Crippen molar-refractivity contribution in [3.8, 4) is 0 Å². The highest BCUT2D eigenvalue weighted by molar-refractivity contribution is 6.31. The second-order valence-electron chi connectivity index (χ2n) is 6.29. The fourth-order valence-electron chi connectivity index (χ4n) is 2.78. The van der Waals surface area contributed by atoms with Crippen LogP contribution in [0.3, 0.4) is 0 Å². The van der Waals surface area contributed by atoms with Crippen LogP contribution in [0.5, 0.6) is 0 Å². The summed E-state index contributed by atoms with van der Waals surface area (Å²) in [4.78, 5) is 0. The lowest BCUT2D eigenvalue weighted by Gasteiger charge is -2.08. The highest BCUT2D eigenvalue weighted by Crippen LogP contribution is 2.26. The number of hydrogen-bond acceptors (Lipinski definition) is 6. The van der Waals surface area contributed by atoms with Gasteiger partial charge in [0.25, 0.3) is 0 Å². The van der Waals surface area contributed by atoms with Gasteiger partial charge >= 0.3 is 0 Å². The van der Waals surface area contributed by atoms with Crippen LogP contribution in [0.2, 0.25) is 10.0 Å². The Kier molecular flexibility index (Phi) is 6.17. The molecule has 0 aliphatic rings. The molecular formula is C22H16Cl2N6. The molecular weight excluding hydrogens is 419 g/mol. The number of hydrazone groups is 2. The van der Waals surface area contributed by atoms with E-state index in [1.165, 1.54) is 0 Å². The first-order chi connectivity index (χ1) is 14.7. The topological polar surface area (TPSA) is 74.6 Å². The number of hydrogen-bond donors (Lipinski definition) is 2. The highest BCUT2D eigenvalue weighted by atomic mass is 35.5. The zero-order valence-electron chi connectivity index (χ0n) is 15.6. The van der Waals surface area contributed by atoms with E-state index in [0.717, 1.165) is 21.9 Å². The van der Waals surface area contributed by atoms with E-state index in [9.17, 15) is 0 Å². The summed E-state index contributed by atoms with van der Waals surface area (Å²) in [5.74, 6) is 1.07. The first kappa shape index (κ1) is 19.8. The zero-order chi connectivity index (χ0) is 20.8. The summed E-state index contributed by atoms with van der Waals surface area (Å²) in [5.41, 5.74) is 7.64. The molecule has 1 aromatic heterocycles. The molecule has 0 atom stereocenters. The second-order valence-corrected chi connectivity index (χ2v) is 7.17. The highest BCUT2D eigenvalue weighted by Gasteiger charge is 2.08. The Labute approximate surface area is 183 Å². The van der Waals surface area contributed by atoms with Crippen molar-refractivity contribution in [2.75, 3.05) is 10.9 Å². The zero-order valence-corrected chi connectivity index (χ0v) is 17.1. The van der Waals surface area contributed by atoms with E-state index in [0.29, 0.717) is 21.7 Å². The van der Waals surface area contributed by atoms with Gasteiger partial charge in [-0.05, 0) is 35.4 Å². The van der Waals surface area contributed by atoms with E-state index in [2.05, 4.69) is 31.3 Å². The van der Waals surface area contributed by atoms with Crippen molar-refractivity contribution in [3.05, 3.63) is 94.0 Å². The van der Waals surface area contributed by atoms with Crippen molar-refractivity contribution in [3.63, 3.8) is 0 Å². The van der Waals surface area contributed by atoms with Crippen molar-refractivity contribution in [2.24, 2.45) is 10.2 Å². The van der Waals surface area contributed by atoms with Gasteiger partial charge in [0.2, 0.25) is 0 Å². The quantitative estimate of drug-likeness (QED) is 0.295. The molecule has 8 heteroatoms. The third kappa shape index (κ3) is 4.92. The summed E-state index contributed by atoms with van der Waals surface area (Å²) in [7, 11) is 0. The molecule has 0 saturated heterocycles. The number of fused-ring (bicyclic) bond motifs is 1. The normalized spacial score (nSPS) is 11.4. The van der Waals surface area contributed by atoms with Gasteiger partial charge < -0.3 is 0 Å². The van der Waals surface area contributed by atoms with Crippen LogP contribution in [-0.2, 0) is 0 Å². The van der Waals surface area contributed by atoms with E-state index in [4.69, 9.17) is 23.2 Å². The van der Waals surface area contributed by atoms with E-state index >= 15 is 0 Å². The average Bonchev–Trinajstić information content (AvgIpc) is 2.75. The van der Waals surface area contributed by atoms with Crippen molar-refractivity contribution in [1.82, 2.24) is 10.2 Å². The van der Waals surface area contributed by atoms with Crippen molar-refractivity contribution < 1.29 is 0 Å². The molecule has 0 aliphatic carbocycles. The van der Waals surface area contributed by atoms with Crippen molar-refractivity contribution in [1.29, 1.82) is 0 Å². The molecule has 0 spiro atoms. The minimum atomic E-state index is 0.535. The van der Waals surface area contributed by atoms with Gasteiger partial charge in [0.1, 0.15) is 0 Å². The molecule has 2 N–H and O–H groups in total. The van der Waals surface area contributed by atoms with Crippen molar-refractivity contribution in [2.45, 2.75) is 0 Å². The number of halogens is 2. The number of nitrogens with zero attached hydrogens (tertiary/aromatic N) is 4. The summed E-state index contributed by atoms with van der Waals surface area (Å²) in [5, 5.41) is 20.0. The lowest BCUT2D eigenvalue weighted by Crippen LogP contribution is -2.01. The average molecular weight is 435 g/mol. The Morgan fingerprint density at radius 3 is 1.53 bits per heavy atom. The van der Waals surface area contributed by atoms with E-state index in [-0.39, 0.29) is 0 Å². The summed E-state index contributed by atoms with van der Waals surface area (Å²) in [6.07, 6.45) is 3.34. The summed E-state index contributed by atoms with van der Waals surface area (Å²) < 4.78 is 0. The lowest BCUT2D eigenvalue weighted by atomic mass is 10.2. The summed E-state index contributed by atoms with van der Waals surface area (Å²) in [6.45, 7) is 0. The van der Waals surface area contributed by atoms with Crippen LogP contribution in [0.4, 0.5) is 11.6 Å². The van der Waals surface area contributed by atoms with E-state index in [1.54, 1.807) is 12.4 Å². The molecule has 6 nitrogen and oxygen atoms in total. The van der Waals surface area contributed by atoms with Crippen molar-refractivity contribution >= 4 is 58.0 Å². The van der Waals surface area contributed by atoms with Gasteiger partial charge in [0, 0.05) is 20.8 Å². The maximum atomic E-state index is 6.00. The minimum absolute atomic E-state index is 0.535. The molecule has 0 unspecified atom stereocenters. The third-order valence-corrected chi connectivity index (χ3v) is 4.62. The SMILES string of the molecule is Clc1cccc(/C=N\Nc2nnc(N/N=C\c3cccc(Cl)c3)c3ccccc23)c1. The first-order valence-electron chi connectivity index (χ1n) is 9.04. The van der Waals surface area contributed by atoms with Crippen LogP contribution in [0.25, 0.3) is 10.8 Å². The van der Waals surface area contributed by atoms with Crippen LogP contribution >= 0.6 is 23.2 Å². The van der Waals surface area contributed by atoms with Gasteiger partial charge in [-0.3, -0.25) is 10.9 Å². The molecule has 3 aromatic carbocycles. The fourth-order valence-corrected chi connectivity index (χ4v) is 3.18. The number of nitrogens with one attached hydrogen (secondary N) is 2. The maximum absolute atomic E-state index is 6.00. The predicted molar refractivity (Wildman–Crippen MR) is 125 cm³/mol. The van der Waals surface area contributed by atoms with Crippen LogP contribution in [0, 0.1) is 0 Å². The third-order valence-electron chi connectivity index (χ3n) is 4.15. The summed E-state index contributed by atoms with van der Waals surface area (Å²) in [6, 6.07) is 22.5. The van der Waals surface area contributed by atoms with E-state index in [1.807, 2.05) is 72.8 Å². The van der Waals surface area contributed by atoms with Gasteiger partial charge in [0.05, 0.1) is 12.4 Å². The Hall–Kier alpha value is -3.48. The number of anilines is 2. The lowest BCUT2D eigenvalue weighted by molar-refractivity contribution is 1.03. The largest absolute Gasteiger partial charge is 0.259 e. The van der Waals surface area contributed by atoms with Crippen LogP contribution in [-0.4, -0.2) is 22.6 Å². The van der Waals surface area contributed by atoms with Crippen LogP contribution in [0.15, 0.2) is 83.0 Å². The monoisotopic (exact) mass is 434 g/mol. The van der Waals surface area contributed by atoms with Gasteiger partial charge in [-0.1, -0.05) is 71.7 Å². The number of benzene rings is 3. The molecule has 148 valence electrons. The standard InChI is InChI=1S/C22H16Cl2N6/c23-17-7-3-5-15(11-17)13-25-27-21-19-9-1-2-10-20(19)22(30-29-21)28-26-14-16-6-4-8-18(24)12-16/h1-14H,(H,27,29)(H,28,30)/b25-13-,26-14-. The van der Waals surface area contributed by atoms with Gasteiger partial charge in [-0.15, -0.1) is 10.2 Å². The molecule has 1 heterocycles. The smallest absolute Gasteiger partial charge is 0.176 e. The minimum Gasteiger partial charge on any atom is -0.259 e.